The van der Waals surface area contributed by atoms with Crippen LogP contribution in [-0.2, 0) is 5.41 Å². The highest BCUT2D eigenvalue weighted by atomic mass is 19.1. The number of aromatic nitrogens is 7. The number of nitrogens with zero attached hydrogens (tertiary/aromatic N) is 7. The van der Waals surface area contributed by atoms with Crippen LogP contribution in [-0.4, -0.2) is 35.2 Å². The lowest BCUT2D eigenvalue weighted by molar-refractivity contribution is 0.242. The van der Waals surface area contributed by atoms with Gasteiger partial charge in [0.05, 0.1) is 40.5 Å². The molecule has 6 rings (SSSR count). The van der Waals surface area contributed by atoms with E-state index in [1.54, 1.807) is 24.7 Å². The highest BCUT2D eigenvalue weighted by Crippen LogP contribution is 2.69. The van der Waals surface area contributed by atoms with Crippen molar-refractivity contribution in [2.45, 2.75) is 38.0 Å². The summed E-state index contributed by atoms with van der Waals surface area (Å²) >= 11 is 0. The van der Waals surface area contributed by atoms with Crippen LogP contribution in [0.1, 0.15) is 49.6 Å². The molecule has 4 aromatic rings. The fourth-order valence-corrected chi connectivity index (χ4v) is 5.77. The third-order valence-electron chi connectivity index (χ3n) is 7.31. The topological polar surface area (TPSA) is 82.3 Å². The first-order valence-electron chi connectivity index (χ1n) is 10.5. The van der Waals surface area contributed by atoms with E-state index >= 15 is 0 Å². The zero-order chi connectivity index (χ0) is 22.1. The second kappa shape index (κ2) is 6.44. The normalized spacial score (nSPS) is 22.8. The van der Waals surface area contributed by atoms with E-state index in [1.165, 1.54) is 22.9 Å². The maximum Gasteiger partial charge on any atom is 0.252 e. The molecule has 3 heterocycles. The molecule has 1 aromatic carbocycles. The molecule has 1 saturated carbocycles. The van der Waals surface area contributed by atoms with Gasteiger partial charge in [-0.1, -0.05) is 25.1 Å². The fraction of sp³-hybridized carbons (Fsp3) is 0.304. The number of hydrogen-bond acceptors (Lipinski definition) is 6. The molecule has 2 aliphatic carbocycles. The molecule has 1 fully saturated rings. The van der Waals surface area contributed by atoms with Gasteiger partial charge in [0.2, 0.25) is 0 Å². The van der Waals surface area contributed by atoms with Crippen molar-refractivity contribution in [1.82, 2.24) is 35.2 Å². The summed E-state index contributed by atoms with van der Waals surface area (Å²) in [4.78, 5) is 9.17. The molecule has 2 atom stereocenters. The summed E-state index contributed by atoms with van der Waals surface area (Å²) in [6, 6.07) is 7.52. The first kappa shape index (κ1) is 19.1. The molecule has 7 nitrogen and oxygen atoms in total. The third kappa shape index (κ3) is 2.33. The SMILES string of the molecule is CC1(C)[C@H]2CC[C@]1(c1ccnc(-n3ccnn3)n1)c1nnc(-c3c(F)cccc3F)cc12. The molecule has 0 N–H and O–H groups in total. The molecule has 0 amide bonds. The van der Waals surface area contributed by atoms with E-state index in [0.29, 0.717) is 5.95 Å². The summed E-state index contributed by atoms with van der Waals surface area (Å²) in [5.74, 6) is -0.694. The molecule has 3 aromatic heterocycles. The van der Waals surface area contributed by atoms with Crippen molar-refractivity contribution in [3.63, 3.8) is 0 Å². The van der Waals surface area contributed by atoms with Gasteiger partial charge in [-0.2, -0.15) is 9.78 Å². The molecule has 0 spiro atoms. The minimum atomic E-state index is -0.648. The standard InChI is InChI=1S/C23H19F2N7/c1-22(2)14-6-8-23(22,18-7-9-26-21(28-18)32-11-10-27-31-32)20-13(14)12-17(29-30-20)19-15(24)4-3-5-16(19)25/h3-5,7,9-12,14H,6,8H2,1-2H3/t14-,23-/m0/s1. The second-order valence-electron chi connectivity index (χ2n) is 8.94. The Kier molecular flexibility index (Phi) is 3.84. The van der Waals surface area contributed by atoms with Gasteiger partial charge >= 0.3 is 0 Å². The van der Waals surface area contributed by atoms with E-state index in [4.69, 9.17) is 4.98 Å². The van der Waals surface area contributed by atoms with E-state index in [1.807, 2.05) is 6.07 Å². The number of benzene rings is 1. The summed E-state index contributed by atoms with van der Waals surface area (Å²) < 4.78 is 30.3. The lowest BCUT2D eigenvalue weighted by Gasteiger charge is -2.37. The molecule has 0 radical (unpaired) electrons. The Labute approximate surface area is 182 Å². The van der Waals surface area contributed by atoms with Crippen molar-refractivity contribution in [2.24, 2.45) is 5.41 Å². The summed E-state index contributed by atoms with van der Waals surface area (Å²) in [5, 5.41) is 16.7. The van der Waals surface area contributed by atoms with Gasteiger partial charge < -0.3 is 0 Å². The maximum atomic E-state index is 14.4. The van der Waals surface area contributed by atoms with Crippen molar-refractivity contribution < 1.29 is 8.78 Å². The smallest absolute Gasteiger partial charge is 0.220 e. The van der Waals surface area contributed by atoms with Gasteiger partial charge in [0.25, 0.3) is 5.95 Å². The Hall–Kier alpha value is -3.62. The van der Waals surface area contributed by atoms with Crippen molar-refractivity contribution in [3.05, 3.63) is 77.5 Å². The van der Waals surface area contributed by atoms with Gasteiger partial charge in [0.15, 0.2) is 0 Å². The molecular formula is C23H19F2N7. The first-order chi connectivity index (χ1) is 15.4. The van der Waals surface area contributed by atoms with Crippen LogP contribution in [0.3, 0.4) is 0 Å². The highest BCUT2D eigenvalue weighted by molar-refractivity contribution is 5.64. The number of hydrogen-bond donors (Lipinski definition) is 0. The van der Waals surface area contributed by atoms with Gasteiger partial charge in [-0.25, -0.2) is 18.7 Å². The lowest BCUT2D eigenvalue weighted by Crippen LogP contribution is -2.38. The third-order valence-corrected chi connectivity index (χ3v) is 7.31. The predicted octanol–water partition coefficient (Wildman–Crippen LogP) is 4.00. The average Bonchev–Trinajstić information content (AvgIpc) is 3.45. The Morgan fingerprint density at radius 1 is 1.06 bits per heavy atom. The van der Waals surface area contributed by atoms with E-state index in [9.17, 15) is 8.78 Å². The van der Waals surface area contributed by atoms with E-state index in [2.05, 4.69) is 39.3 Å². The summed E-state index contributed by atoms with van der Waals surface area (Å²) in [7, 11) is 0. The van der Waals surface area contributed by atoms with Crippen molar-refractivity contribution in [3.8, 4) is 17.2 Å². The Balaban J connectivity index is 1.54. The Bertz CT molecular complexity index is 1330. The molecule has 0 unspecified atom stereocenters. The lowest BCUT2D eigenvalue weighted by atomic mass is 9.66. The average molecular weight is 431 g/mol. The monoisotopic (exact) mass is 431 g/mol. The molecular weight excluding hydrogens is 412 g/mol. The van der Waals surface area contributed by atoms with Crippen molar-refractivity contribution in [2.75, 3.05) is 0 Å². The first-order valence-corrected chi connectivity index (χ1v) is 10.5. The van der Waals surface area contributed by atoms with Gasteiger partial charge in [-0.15, -0.1) is 10.2 Å². The van der Waals surface area contributed by atoms with E-state index in [0.717, 1.165) is 29.8 Å². The van der Waals surface area contributed by atoms with Gasteiger partial charge in [-0.3, -0.25) is 0 Å². The van der Waals surface area contributed by atoms with Gasteiger partial charge in [0.1, 0.15) is 11.6 Å². The fourth-order valence-electron chi connectivity index (χ4n) is 5.77. The zero-order valence-corrected chi connectivity index (χ0v) is 17.5. The minimum absolute atomic E-state index is 0.145. The second-order valence-corrected chi connectivity index (χ2v) is 8.94. The summed E-state index contributed by atoms with van der Waals surface area (Å²) in [5.41, 5.74) is 2.01. The number of rotatable bonds is 3. The number of fused-ring (bicyclic) bond motifs is 5. The van der Waals surface area contributed by atoms with Crippen LogP contribution in [0.4, 0.5) is 8.78 Å². The van der Waals surface area contributed by atoms with Crippen molar-refractivity contribution in [1.29, 1.82) is 0 Å². The van der Waals surface area contributed by atoms with Crippen LogP contribution < -0.4 is 0 Å². The maximum absolute atomic E-state index is 14.4. The highest BCUT2D eigenvalue weighted by Gasteiger charge is 2.65. The van der Waals surface area contributed by atoms with Crippen LogP contribution in [0.25, 0.3) is 17.2 Å². The van der Waals surface area contributed by atoms with Gasteiger partial charge in [0, 0.05) is 6.20 Å². The molecule has 160 valence electrons. The largest absolute Gasteiger partial charge is 0.252 e. The van der Waals surface area contributed by atoms with Crippen LogP contribution in [0, 0.1) is 17.0 Å². The van der Waals surface area contributed by atoms with Crippen LogP contribution in [0.15, 0.2) is 48.9 Å². The van der Waals surface area contributed by atoms with Crippen LogP contribution >= 0.6 is 0 Å². The Morgan fingerprint density at radius 3 is 2.62 bits per heavy atom. The molecule has 0 aliphatic heterocycles. The van der Waals surface area contributed by atoms with E-state index in [-0.39, 0.29) is 22.6 Å². The summed E-state index contributed by atoms with van der Waals surface area (Å²) in [6.07, 6.45) is 6.76. The molecule has 2 aliphatic rings. The van der Waals surface area contributed by atoms with Crippen LogP contribution in [0.5, 0.6) is 0 Å². The Morgan fingerprint density at radius 2 is 1.88 bits per heavy atom. The number of halogens is 2. The quantitative estimate of drug-likeness (QED) is 0.488. The summed E-state index contributed by atoms with van der Waals surface area (Å²) in [6.45, 7) is 4.40. The van der Waals surface area contributed by atoms with Crippen LogP contribution in [0.2, 0.25) is 0 Å². The minimum Gasteiger partial charge on any atom is -0.220 e. The van der Waals surface area contributed by atoms with E-state index < -0.39 is 17.0 Å². The molecule has 32 heavy (non-hydrogen) atoms. The van der Waals surface area contributed by atoms with Gasteiger partial charge in [-0.05, 0) is 54.0 Å². The van der Waals surface area contributed by atoms with Crippen molar-refractivity contribution >= 4 is 0 Å². The molecule has 9 heteroatoms. The predicted molar refractivity (Wildman–Crippen MR) is 111 cm³/mol. The molecule has 0 saturated heterocycles. The molecule has 2 bridgehead atoms. The zero-order valence-electron chi connectivity index (χ0n) is 17.5.